The summed E-state index contributed by atoms with van der Waals surface area (Å²) >= 11 is 0. The molecule has 3 rings (SSSR count). The van der Waals surface area contributed by atoms with Crippen LogP contribution in [0.5, 0.6) is 0 Å². The Bertz CT molecular complexity index is 657. The molecule has 0 amide bonds. The summed E-state index contributed by atoms with van der Waals surface area (Å²) in [5, 5.41) is 0. The van der Waals surface area contributed by atoms with Gasteiger partial charge in [0.1, 0.15) is 0 Å². The molecule has 0 N–H and O–H groups in total. The average Bonchev–Trinajstić information content (AvgIpc) is 3.07. The third kappa shape index (κ3) is 6.49. The summed E-state index contributed by atoms with van der Waals surface area (Å²) in [5.74, 6) is 1.68. The maximum Gasteiger partial charge on any atom is 3.00 e. The molecule has 1 heteroatoms. The molecule has 3 aliphatic carbocycles. The first-order valence-corrected chi connectivity index (χ1v) is 10.2. The van der Waals surface area contributed by atoms with E-state index in [1.807, 2.05) is 0 Å². The molecule has 0 spiro atoms. The number of hydrogen-bond donors (Lipinski definition) is 0. The van der Waals surface area contributed by atoms with Gasteiger partial charge in [-0.05, 0) is 0 Å². The third-order valence-electron chi connectivity index (χ3n) is 6.71. The molecule has 0 fully saturated rings. The molecular formula is C27H39Co. The van der Waals surface area contributed by atoms with Crippen molar-refractivity contribution in [3.63, 3.8) is 0 Å². The van der Waals surface area contributed by atoms with Gasteiger partial charge in [-0.15, -0.1) is 20.8 Å². The molecule has 3 unspecified atom stereocenters. The molecule has 0 aliphatic heterocycles. The largest absolute Gasteiger partial charge is 3.00 e. The van der Waals surface area contributed by atoms with Crippen LogP contribution in [-0.4, -0.2) is 0 Å². The van der Waals surface area contributed by atoms with Gasteiger partial charge in [0.05, 0.1) is 0 Å². The fraction of sp³-hybridized carbons (Fsp3) is 0.556. The molecular weight excluding hydrogens is 383 g/mol. The zero-order valence-corrected chi connectivity index (χ0v) is 21.1. The van der Waals surface area contributed by atoms with E-state index in [0.29, 0.717) is 17.8 Å². The van der Waals surface area contributed by atoms with Crippen LogP contribution in [0.2, 0.25) is 0 Å². The Morgan fingerprint density at radius 3 is 0.643 bits per heavy atom. The molecule has 28 heavy (non-hydrogen) atoms. The van der Waals surface area contributed by atoms with Gasteiger partial charge in [0.2, 0.25) is 0 Å². The molecule has 0 nitrogen and oxygen atoms in total. The third-order valence-corrected chi connectivity index (χ3v) is 6.71. The maximum absolute atomic E-state index is 3.36. The van der Waals surface area contributed by atoms with Crippen LogP contribution in [0, 0.1) is 36.0 Å². The van der Waals surface area contributed by atoms with E-state index in [-0.39, 0.29) is 16.8 Å². The van der Waals surface area contributed by atoms with Crippen molar-refractivity contribution in [1.29, 1.82) is 0 Å². The van der Waals surface area contributed by atoms with Crippen molar-refractivity contribution < 1.29 is 16.8 Å². The normalized spacial score (nSPS) is 26.1. The molecule has 3 atom stereocenters. The van der Waals surface area contributed by atoms with E-state index in [0.717, 1.165) is 0 Å². The fourth-order valence-corrected chi connectivity index (χ4v) is 3.49. The van der Waals surface area contributed by atoms with Crippen LogP contribution in [0.15, 0.2) is 50.2 Å². The smallest absolute Gasteiger partial charge is 0.266 e. The van der Waals surface area contributed by atoms with E-state index in [1.165, 1.54) is 50.2 Å². The fourth-order valence-electron chi connectivity index (χ4n) is 3.49. The van der Waals surface area contributed by atoms with Crippen molar-refractivity contribution in [3.05, 3.63) is 68.4 Å². The Morgan fingerprint density at radius 1 is 0.429 bits per heavy atom. The molecule has 3 aliphatic rings. The molecule has 0 bridgehead atoms. The van der Waals surface area contributed by atoms with E-state index in [4.69, 9.17) is 0 Å². The topological polar surface area (TPSA) is 0 Å². The molecule has 0 aromatic carbocycles. The first kappa shape index (κ1) is 26.9. The second-order valence-corrected chi connectivity index (χ2v) is 8.40. The maximum atomic E-state index is 3.36. The summed E-state index contributed by atoms with van der Waals surface area (Å²) in [4.78, 5) is 0. The summed E-state index contributed by atoms with van der Waals surface area (Å²) in [7, 11) is 0. The van der Waals surface area contributed by atoms with Crippen LogP contribution in [-0.2, 0) is 16.8 Å². The van der Waals surface area contributed by atoms with Crippen molar-refractivity contribution >= 4 is 0 Å². The SMILES string of the molecule is CC1=[C-]C(C)C(C)=C1C.CC1=[C-]C(C)C(C)=C1C.CC1=[C-]C(C)C(C)=C1C.[Co+3]. The van der Waals surface area contributed by atoms with Crippen molar-refractivity contribution in [2.45, 2.75) is 83.1 Å². The quantitative estimate of drug-likeness (QED) is 0.345. The predicted molar refractivity (Wildman–Crippen MR) is 120 cm³/mol. The summed E-state index contributed by atoms with van der Waals surface area (Å²) in [5.41, 5.74) is 12.7. The Hall–Kier alpha value is -1.05. The van der Waals surface area contributed by atoms with E-state index in [9.17, 15) is 0 Å². The standard InChI is InChI=1S/3C9H13.Co/c3*1-6-5-7(2)9(4)8(6)3;/h3*6H,1-4H3;/q3*-1;+3. The molecule has 0 radical (unpaired) electrons. The average molecular weight is 423 g/mol. The van der Waals surface area contributed by atoms with Crippen molar-refractivity contribution in [3.8, 4) is 0 Å². The summed E-state index contributed by atoms with van der Waals surface area (Å²) in [6.45, 7) is 26.0. The monoisotopic (exact) mass is 422 g/mol. The van der Waals surface area contributed by atoms with E-state index >= 15 is 0 Å². The second-order valence-electron chi connectivity index (χ2n) is 8.40. The van der Waals surface area contributed by atoms with Crippen LogP contribution in [0.1, 0.15) is 83.1 Å². The van der Waals surface area contributed by atoms with Gasteiger partial charge in [0.25, 0.3) is 0 Å². The van der Waals surface area contributed by atoms with Gasteiger partial charge in [-0.2, -0.15) is 33.4 Å². The van der Waals surface area contributed by atoms with Gasteiger partial charge in [0, 0.05) is 0 Å². The zero-order chi connectivity index (χ0) is 21.0. The van der Waals surface area contributed by atoms with Gasteiger partial charge in [-0.1, -0.05) is 80.1 Å². The molecule has 0 aromatic rings. The summed E-state index contributed by atoms with van der Waals surface area (Å²) < 4.78 is 0. The minimum Gasteiger partial charge on any atom is -0.266 e. The first-order chi connectivity index (χ1) is 12.4. The van der Waals surface area contributed by atoms with Gasteiger partial charge in [-0.3, -0.25) is 18.2 Å². The van der Waals surface area contributed by atoms with Crippen molar-refractivity contribution in [2.75, 3.05) is 0 Å². The molecule has 0 saturated heterocycles. The van der Waals surface area contributed by atoms with E-state index in [1.54, 1.807) is 0 Å². The minimum atomic E-state index is 0. The van der Waals surface area contributed by atoms with Crippen LogP contribution < -0.4 is 0 Å². The van der Waals surface area contributed by atoms with E-state index < -0.39 is 0 Å². The van der Waals surface area contributed by atoms with Crippen LogP contribution in [0.4, 0.5) is 0 Å². The molecule has 0 heterocycles. The Morgan fingerprint density at radius 2 is 0.607 bits per heavy atom. The zero-order valence-electron chi connectivity index (χ0n) is 20.1. The van der Waals surface area contributed by atoms with E-state index in [2.05, 4.69) is 101 Å². The number of rotatable bonds is 0. The van der Waals surface area contributed by atoms with Crippen LogP contribution >= 0.6 is 0 Å². The Balaban J connectivity index is 0.000000384. The number of hydrogen-bond acceptors (Lipinski definition) is 0. The molecule has 156 valence electrons. The minimum absolute atomic E-state index is 0. The predicted octanol–water partition coefficient (Wildman–Crippen LogP) is 8.16. The van der Waals surface area contributed by atoms with Crippen molar-refractivity contribution in [2.24, 2.45) is 17.8 Å². The second kappa shape index (κ2) is 11.2. The summed E-state index contributed by atoms with van der Waals surface area (Å²) in [6.07, 6.45) is 10.1. The summed E-state index contributed by atoms with van der Waals surface area (Å²) in [6, 6.07) is 0. The Labute approximate surface area is 185 Å². The van der Waals surface area contributed by atoms with Gasteiger partial charge >= 0.3 is 16.8 Å². The number of allylic oxidation sites excluding steroid dienone is 12. The first-order valence-electron chi connectivity index (χ1n) is 10.2. The Kier molecular flexibility index (Phi) is 10.8. The van der Waals surface area contributed by atoms with Gasteiger partial charge in [-0.25, -0.2) is 16.7 Å². The van der Waals surface area contributed by atoms with Crippen molar-refractivity contribution in [1.82, 2.24) is 0 Å². The van der Waals surface area contributed by atoms with Crippen LogP contribution in [0.25, 0.3) is 0 Å². The van der Waals surface area contributed by atoms with Gasteiger partial charge < -0.3 is 0 Å². The van der Waals surface area contributed by atoms with Crippen LogP contribution in [0.3, 0.4) is 0 Å². The molecule has 0 saturated carbocycles. The molecule has 0 aromatic heterocycles. The van der Waals surface area contributed by atoms with Gasteiger partial charge in [0.15, 0.2) is 0 Å².